The summed E-state index contributed by atoms with van der Waals surface area (Å²) in [5.41, 5.74) is 0.810. The van der Waals surface area contributed by atoms with Crippen LogP contribution in [0, 0.1) is 5.41 Å². The summed E-state index contributed by atoms with van der Waals surface area (Å²) in [5, 5.41) is 3.31. The van der Waals surface area contributed by atoms with E-state index >= 15 is 0 Å². The fourth-order valence-electron chi connectivity index (χ4n) is 3.67. The van der Waals surface area contributed by atoms with Gasteiger partial charge < -0.3 is 24.4 Å². The van der Waals surface area contributed by atoms with E-state index in [0.29, 0.717) is 11.3 Å². The number of benzene rings is 1. The van der Waals surface area contributed by atoms with Crippen LogP contribution in [0.2, 0.25) is 0 Å². The Morgan fingerprint density at radius 2 is 2.21 bits per heavy atom. The van der Waals surface area contributed by atoms with E-state index in [1.807, 2.05) is 6.92 Å². The molecule has 0 saturated carbocycles. The molecule has 1 N–H and O–H groups in total. The highest BCUT2D eigenvalue weighted by molar-refractivity contribution is 14.0. The number of hydrogen-bond donors (Lipinski definition) is 1. The van der Waals surface area contributed by atoms with Gasteiger partial charge in [-0.15, -0.1) is 24.0 Å². The molecule has 158 valence electrons. The number of ether oxygens (including phenoxy) is 3. The summed E-state index contributed by atoms with van der Waals surface area (Å²) in [5.74, 6) is 1.35. The second-order valence-corrected chi connectivity index (χ2v) is 7.00. The van der Waals surface area contributed by atoms with Crippen LogP contribution < -0.4 is 14.8 Å². The summed E-state index contributed by atoms with van der Waals surface area (Å²) in [6.45, 7) is 3.54. The van der Waals surface area contributed by atoms with Crippen molar-refractivity contribution >= 4 is 29.9 Å². The predicted molar refractivity (Wildman–Crippen MR) is 114 cm³/mol. The van der Waals surface area contributed by atoms with Crippen LogP contribution in [0.25, 0.3) is 0 Å². The number of aliphatic imine (C=N–C) groups is 1. The van der Waals surface area contributed by atoms with Crippen molar-refractivity contribution in [3.63, 3.8) is 0 Å². The van der Waals surface area contributed by atoms with Crippen LogP contribution in [0.1, 0.15) is 25.3 Å². The van der Waals surface area contributed by atoms with E-state index < -0.39 is 6.61 Å². The lowest BCUT2D eigenvalue weighted by Crippen LogP contribution is -2.41. The molecule has 0 aromatic heterocycles. The third-order valence-electron chi connectivity index (χ3n) is 5.15. The first kappa shape index (κ1) is 22.9. The normalized spacial score (nSPS) is 21.9. The molecule has 1 aromatic carbocycles. The minimum atomic E-state index is -2.89. The lowest BCUT2D eigenvalue weighted by atomic mass is 9.87. The van der Waals surface area contributed by atoms with Crippen LogP contribution in [-0.2, 0) is 11.3 Å². The zero-order valence-electron chi connectivity index (χ0n) is 16.2. The van der Waals surface area contributed by atoms with Crippen molar-refractivity contribution in [3.05, 3.63) is 23.8 Å². The first-order valence-corrected chi connectivity index (χ1v) is 9.28. The quantitative estimate of drug-likeness (QED) is 0.360. The molecule has 28 heavy (non-hydrogen) atoms. The van der Waals surface area contributed by atoms with E-state index in [2.05, 4.69) is 19.9 Å². The monoisotopic (exact) mass is 511 g/mol. The van der Waals surface area contributed by atoms with Crippen LogP contribution in [0.15, 0.2) is 23.2 Å². The number of alkyl halides is 2. The molecule has 0 radical (unpaired) electrons. The molecule has 3 rings (SSSR count). The molecular weight excluding hydrogens is 483 g/mol. The molecule has 2 fully saturated rings. The second-order valence-electron chi connectivity index (χ2n) is 7.00. The molecule has 2 heterocycles. The number of halogens is 3. The van der Waals surface area contributed by atoms with E-state index in [-0.39, 0.29) is 41.7 Å². The minimum absolute atomic E-state index is 0. The molecule has 2 aliphatic rings. The molecule has 1 aromatic rings. The van der Waals surface area contributed by atoms with Crippen LogP contribution >= 0.6 is 24.0 Å². The highest BCUT2D eigenvalue weighted by Crippen LogP contribution is 2.38. The first-order chi connectivity index (χ1) is 13.0. The summed E-state index contributed by atoms with van der Waals surface area (Å²) < 4.78 is 40.8. The van der Waals surface area contributed by atoms with Gasteiger partial charge in [0.15, 0.2) is 5.96 Å². The molecule has 2 aliphatic heterocycles. The maximum Gasteiger partial charge on any atom is 0.387 e. The minimum Gasteiger partial charge on any atom is -0.497 e. The van der Waals surface area contributed by atoms with Crippen molar-refractivity contribution in [3.8, 4) is 11.5 Å². The average Bonchev–Trinajstić information content (AvgIpc) is 3.29. The maximum atomic E-state index is 12.7. The van der Waals surface area contributed by atoms with Gasteiger partial charge in [-0.25, -0.2) is 4.99 Å². The van der Waals surface area contributed by atoms with E-state index in [1.54, 1.807) is 12.1 Å². The Labute approximate surface area is 181 Å². The van der Waals surface area contributed by atoms with Crippen LogP contribution in [-0.4, -0.2) is 57.4 Å². The Morgan fingerprint density at radius 3 is 2.86 bits per heavy atom. The summed E-state index contributed by atoms with van der Waals surface area (Å²) in [4.78, 5) is 6.90. The summed E-state index contributed by atoms with van der Waals surface area (Å²) in [7, 11) is 1.48. The second kappa shape index (κ2) is 10.4. The number of methoxy groups -OCH3 is 1. The molecule has 0 aliphatic carbocycles. The van der Waals surface area contributed by atoms with Crippen LogP contribution in [0.5, 0.6) is 11.5 Å². The zero-order valence-corrected chi connectivity index (χ0v) is 18.6. The van der Waals surface area contributed by atoms with Crippen molar-refractivity contribution in [1.82, 2.24) is 10.2 Å². The topological polar surface area (TPSA) is 55.3 Å². The van der Waals surface area contributed by atoms with Crippen molar-refractivity contribution in [1.29, 1.82) is 0 Å². The third-order valence-corrected chi connectivity index (χ3v) is 5.15. The molecule has 9 heteroatoms. The van der Waals surface area contributed by atoms with E-state index in [9.17, 15) is 8.78 Å². The van der Waals surface area contributed by atoms with Gasteiger partial charge in [0.05, 0.1) is 20.3 Å². The van der Waals surface area contributed by atoms with Gasteiger partial charge in [0, 0.05) is 43.3 Å². The molecule has 1 unspecified atom stereocenters. The number of guanidine groups is 1. The SMILES string of the molecule is CCNC(=NCc1ccc(OC)cc1OC(F)F)N1CCC2(CCOC2)C1.I. The Morgan fingerprint density at radius 1 is 1.39 bits per heavy atom. The van der Waals surface area contributed by atoms with Gasteiger partial charge in [-0.3, -0.25) is 0 Å². The van der Waals surface area contributed by atoms with Crippen molar-refractivity contribution in [2.24, 2.45) is 10.4 Å². The highest BCUT2D eigenvalue weighted by atomic mass is 127. The molecule has 6 nitrogen and oxygen atoms in total. The first-order valence-electron chi connectivity index (χ1n) is 9.28. The van der Waals surface area contributed by atoms with Gasteiger partial charge in [0.2, 0.25) is 0 Å². The summed E-state index contributed by atoms with van der Waals surface area (Å²) in [6, 6.07) is 4.89. The van der Waals surface area contributed by atoms with Gasteiger partial charge in [-0.2, -0.15) is 8.78 Å². The zero-order chi connectivity index (χ0) is 19.3. The molecule has 1 atom stereocenters. The van der Waals surface area contributed by atoms with Crippen molar-refractivity contribution in [2.45, 2.75) is 32.9 Å². The van der Waals surface area contributed by atoms with Gasteiger partial charge in [-0.1, -0.05) is 0 Å². The Hall–Kier alpha value is -1.36. The van der Waals surface area contributed by atoms with Gasteiger partial charge in [0.1, 0.15) is 11.5 Å². The van der Waals surface area contributed by atoms with E-state index in [0.717, 1.165) is 51.6 Å². The van der Waals surface area contributed by atoms with E-state index in [4.69, 9.17) is 9.47 Å². The lowest BCUT2D eigenvalue weighted by Gasteiger charge is -2.25. The largest absolute Gasteiger partial charge is 0.497 e. The molecule has 1 spiro atoms. The van der Waals surface area contributed by atoms with Gasteiger partial charge in [0.25, 0.3) is 0 Å². The van der Waals surface area contributed by atoms with Crippen LogP contribution in [0.4, 0.5) is 8.78 Å². The van der Waals surface area contributed by atoms with Crippen molar-refractivity contribution < 1.29 is 23.0 Å². The Bertz CT molecular complexity index is 670. The van der Waals surface area contributed by atoms with Gasteiger partial charge >= 0.3 is 6.61 Å². The molecule has 0 amide bonds. The Balaban J connectivity index is 0.00000280. The number of rotatable bonds is 6. The predicted octanol–water partition coefficient (Wildman–Crippen LogP) is 3.49. The van der Waals surface area contributed by atoms with Gasteiger partial charge in [-0.05, 0) is 31.9 Å². The summed E-state index contributed by atoms with van der Waals surface area (Å²) >= 11 is 0. The summed E-state index contributed by atoms with van der Waals surface area (Å²) in [6.07, 6.45) is 2.16. The Kier molecular flexibility index (Phi) is 8.54. The fourth-order valence-corrected chi connectivity index (χ4v) is 3.67. The smallest absolute Gasteiger partial charge is 0.387 e. The highest BCUT2D eigenvalue weighted by Gasteiger charge is 2.42. The standard InChI is InChI=1S/C19H27F2N3O3.HI/c1-3-22-18(24-8-6-19(12-24)7-9-26-13-19)23-11-14-4-5-15(25-2)10-16(14)27-17(20)21;/h4-5,10,17H,3,6-9,11-13H2,1-2H3,(H,22,23);1H. The number of hydrogen-bond acceptors (Lipinski definition) is 4. The number of nitrogens with zero attached hydrogens (tertiary/aromatic N) is 2. The molecular formula is C19H28F2IN3O3. The van der Waals surface area contributed by atoms with E-state index in [1.165, 1.54) is 13.2 Å². The third kappa shape index (κ3) is 5.59. The number of likely N-dealkylation sites (tertiary alicyclic amines) is 1. The average molecular weight is 511 g/mol. The number of nitrogens with one attached hydrogen (secondary N) is 1. The molecule has 2 saturated heterocycles. The van der Waals surface area contributed by atoms with Crippen LogP contribution in [0.3, 0.4) is 0 Å². The molecule has 0 bridgehead atoms. The lowest BCUT2D eigenvalue weighted by molar-refractivity contribution is -0.0505. The fraction of sp³-hybridized carbons (Fsp3) is 0.632. The van der Waals surface area contributed by atoms with Crippen molar-refractivity contribution in [2.75, 3.05) is 40.0 Å². The maximum absolute atomic E-state index is 12.7.